The Kier molecular flexibility index (Phi) is 3.83. The molecule has 0 atom stereocenters. The van der Waals surface area contributed by atoms with Gasteiger partial charge in [-0.3, -0.25) is 9.48 Å². The lowest BCUT2D eigenvalue weighted by molar-refractivity contribution is -0.119. The molecule has 0 aliphatic rings. The molecular formula is C11H16N6O. The summed E-state index contributed by atoms with van der Waals surface area (Å²) in [6, 6.07) is 0. The molecule has 0 saturated carbocycles. The second-order valence-corrected chi connectivity index (χ2v) is 4.17. The number of nitrogens with zero attached hydrogens (tertiary/aromatic N) is 5. The predicted molar refractivity (Wildman–Crippen MR) is 64.4 cm³/mol. The monoisotopic (exact) mass is 248 g/mol. The van der Waals surface area contributed by atoms with E-state index in [1.165, 1.54) is 4.68 Å². The summed E-state index contributed by atoms with van der Waals surface area (Å²) in [4.78, 5) is 11.7. The van der Waals surface area contributed by atoms with Gasteiger partial charge in [-0.15, -0.1) is 5.10 Å². The first-order chi connectivity index (χ1) is 8.67. The van der Waals surface area contributed by atoms with Crippen molar-refractivity contribution in [3.05, 3.63) is 29.8 Å². The highest BCUT2D eigenvalue weighted by atomic mass is 16.1. The molecule has 96 valence electrons. The van der Waals surface area contributed by atoms with Gasteiger partial charge in [0.25, 0.3) is 0 Å². The van der Waals surface area contributed by atoms with E-state index in [9.17, 15) is 4.79 Å². The summed E-state index contributed by atoms with van der Waals surface area (Å²) in [5.74, 6) is 0.118. The van der Waals surface area contributed by atoms with Gasteiger partial charge in [0.1, 0.15) is 6.54 Å². The lowest BCUT2D eigenvalue weighted by Gasteiger charge is -1.99. The van der Waals surface area contributed by atoms with Crippen LogP contribution in [0.15, 0.2) is 18.6 Å². The van der Waals surface area contributed by atoms with Crippen LogP contribution in [-0.2, 0) is 31.4 Å². The molecule has 0 aromatic carbocycles. The van der Waals surface area contributed by atoms with Crippen LogP contribution in [-0.4, -0.2) is 30.6 Å². The number of aryl methyl sites for hydroxylation is 2. The Morgan fingerprint density at radius 2 is 2.28 bits per heavy atom. The molecule has 0 bridgehead atoms. The molecule has 7 nitrogen and oxygen atoms in total. The summed E-state index contributed by atoms with van der Waals surface area (Å²) in [7, 11) is 1.86. The van der Waals surface area contributed by atoms with Gasteiger partial charge < -0.3 is 5.73 Å². The molecule has 2 aromatic heterocycles. The van der Waals surface area contributed by atoms with Gasteiger partial charge in [-0.05, 0) is 12.0 Å². The molecule has 0 saturated heterocycles. The molecular weight excluding hydrogens is 232 g/mol. The third-order valence-corrected chi connectivity index (χ3v) is 2.58. The zero-order valence-corrected chi connectivity index (χ0v) is 10.3. The van der Waals surface area contributed by atoms with Crippen LogP contribution in [0.3, 0.4) is 0 Å². The molecule has 2 N–H and O–H groups in total. The fourth-order valence-electron chi connectivity index (χ4n) is 1.65. The predicted octanol–water partition coefficient (Wildman–Crippen LogP) is -0.328. The molecule has 0 aliphatic heterocycles. The fourth-order valence-corrected chi connectivity index (χ4v) is 1.65. The van der Waals surface area contributed by atoms with Crippen LogP contribution >= 0.6 is 0 Å². The van der Waals surface area contributed by atoms with E-state index in [1.54, 1.807) is 17.1 Å². The Morgan fingerprint density at radius 3 is 2.89 bits per heavy atom. The molecule has 7 heteroatoms. The first-order valence-electron chi connectivity index (χ1n) is 5.75. The molecule has 2 heterocycles. The highest BCUT2D eigenvalue weighted by Crippen LogP contribution is 2.02. The Morgan fingerprint density at radius 1 is 1.44 bits per heavy atom. The van der Waals surface area contributed by atoms with E-state index < -0.39 is 0 Å². The Hall–Kier alpha value is -2.02. The summed E-state index contributed by atoms with van der Waals surface area (Å²) in [6.07, 6.45) is 6.56. The second-order valence-electron chi connectivity index (χ2n) is 4.17. The SMILES string of the molecule is Cn1cc(CCC(=O)Cn2cc(CN)nn2)cn1. The lowest BCUT2D eigenvalue weighted by atomic mass is 10.1. The Labute approximate surface area is 105 Å². The second kappa shape index (κ2) is 5.54. The van der Waals surface area contributed by atoms with Crippen LogP contribution in [0.25, 0.3) is 0 Å². The molecule has 0 aliphatic carbocycles. The average molecular weight is 248 g/mol. The summed E-state index contributed by atoms with van der Waals surface area (Å²) in [6.45, 7) is 0.580. The number of aromatic nitrogens is 5. The summed E-state index contributed by atoms with van der Waals surface area (Å²) in [5, 5.41) is 11.7. The maximum absolute atomic E-state index is 11.7. The zero-order valence-electron chi connectivity index (χ0n) is 10.3. The molecule has 0 spiro atoms. The van der Waals surface area contributed by atoms with E-state index in [2.05, 4.69) is 15.4 Å². The van der Waals surface area contributed by atoms with E-state index in [-0.39, 0.29) is 12.3 Å². The molecule has 0 amide bonds. The van der Waals surface area contributed by atoms with Gasteiger partial charge in [-0.25, -0.2) is 4.68 Å². The van der Waals surface area contributed by atoms with E-state index >= 15 is 0 Å². The van der Waals surface area contributed by atoms with Gasteiger partial charge in [0, 0.05) is 26.2 Å². The van der Waals surface area contributed by atoms with Crippen molar-refractivity contribution >= 4 is 5.78 Å². The normalized spacial score (nSPS) is 10.8. The number of carbonyl (C=O) groups is 1. The maximum atomic E-state index is 11.7. The van der Waals surface area contributed by atoms with Crippen molar-refractivity contribution in [3.8, 4) is 0 Å². The number of nitrogens with two attached hydrogens (primary N) is 1. The Bertz CT molecular complexity index is 529. The van der Waals surface area contributed by atoms with Crippen molar-refractivity contribution in [2.75, 3.05) is 0 Å². The number of hydrogen-bond acceptors (Lipinski definition) is 5. The van der Waals surface area contributed by atoms with Crippen LogP contribution in [0.1, 0.15) is 17.7 Å². The quantitative estimate of drug-likeness (QED) is 0.756. The number of carbonyl (C=O) groups excluding carboxylic acids is 1. The highest BCUT2D eigenvalue weighted by Gasteiger charge is 2.07. The third-order valence-electron chi connectivity index (χ3n) is 2.58. The first kappa shape index (κ1) is 12.4. The lowest BCUT2D eigenvalue weighted by Crippen LogP contribution is -2.11. The third kappa shape index (κ3) is 3.24. The number of rotatable bonds is 6. The minimum atomic E-state index is 0.118. The van der Waals surface area contributed by atoms with Gasteiger partial charge >= 0.3 is 0 Å². The molecule has 0 fully saturated rings. The van der Waals surface area contributed by atoms with E-state index in [1.807, 2.05) is 13.2 Å². The van der Waals surface area contributed by atoms with Crippen molar-refractivity contribution in [2.45, 2.75) is 25.9 Å². The minimum Gasteiger partial charge on any atom is -0.325 e. The summed E-state index contributed by atoms with van der Waals surface area (Å²) < 4.78 is 3.25. The Balaban J connectivity index is 1.81. The van der Waals surface area contributed by atoms with Gasteiger partial charge in [-0.1, -0.05) is 5.21 Å². The smallest absolute Gasteiger partial charge is 0.154 e. The van der Waals surface area contributed by atoms with Crippen LogP contribution in [0.5, 0.6) is 0 Å². The largest absolute Gasteiger partial charge is 0.325 e. The minimum absolute atomic E-state index is 0.118. The number of hydrogen-bond donors (Lipinski definition) is 1. The molecule has 2 rings (SSSR count). The van der Waals surface area contributed by atoms with Crippen molar-refractivity contribution in [2.24, 2.45) is 12.8 Å². The topological polar surface area (TPSA) is 91.6 Å². The summed E-state index contributed by atoms with van der Waals surface area (Å²) >= 11 is 0. The zero-order chi connectivity index (χ0) is 13.0. The first-order valence-corrected chi connectivity index (χ1v) is 5.75. The number of ketones is 1. The van der Waals surface area contributed by atoms with E-state index in [4.69, 9.17) is 5.73 Å². The van der Waals surface area contributed by atoms with Crippen LogP contribution in [0, 0.1) is 0 Å². The van der Waals surface area contributed by atoms with Gasteiger partial charge in [0.15, 0.2) is 5.78 Å². The van der Waals surface area contributed by atoms with Crippen molar-refractivity contribution in [3.63, 3.8) is 0 Å². The molecule has 18 heavy (non-hydrogen) atoms. The van der Waals surface area contributed by atoms with Crippen LogP contribution < -0.4 is 5.73 Å². The standard InChI is InChI=1S/C11H16N6O/c1-16-6-9(5-13-16)2-3-11(18)8-17-7-10(4-12)14-15-17/h5-7H,2-4,8,12H2,1H3. The van der Waals surface area contributed by atoms with Crippen LogP contribution in [0.2, 0.25) is 0 Å². The van der Waals surface area contributed by atoms with Gasteiger partial charge in [0.2, 0.25) is 0 Å². The van der Waals surface area contributed by atoms with Gasteiger partial charge in [0.05, 0.1) is 18.1 Å². The van der Waals surface area contributed by atoms with Crippen LogP contribution in [0.4, 0.5) is 0 Å². The summed E-state index contributed by atoms with van der Waals surface area (Å²) in [5.41, 5.74) is 7.17. The molecule has 2 aromatic rings. The molecule has 0 unspecified atom stereocenters. The fraction of sp³-hybridized carbons (Fsp3) is 0.455. The highest BCUT2D eigenvalue weighted by molar-refractivity contribution is 5.78. The van der Waals surface area contributed by atoms with Crippen molar-refractivity contribution in [1.29, 1.82) is 0 Å². The number of Topliss-reactive ketones (excluding diaryl/α,β-unsaturated/α-hetero) is 1. The van der Waals surface area contributed by atoms with E-state index in [0.29, 0.717) is 25.1 Å². The van der Waals surface area contributed by atoms with Crippen molar-refractivity contribution in [1.82, 2.24) is 24.8 Å². The average Bonchev–Trinajstić information content (AvgIpc) is 2.95. The van der Waals surface area contributed by atoms with Crippen molar-refractivity contribution < 1.29 is 4.79 Å². The van der Waals surface area contributed by atoms with Gasteiger partial charge in [-0.2, -0.15) is 5.10 Å². The maximum Gasteiger partial charge on any atom is 0.154 e. The van der Waals surface area contributed by atoms with E-state index in [0.717, 1.165) is 5.56 Å². The molecule has 0 radical (unpaired) electrons.